The standard InChI is InChI=1S/CH4.CH3.B.Y/h1H4;1H3;;/q;-1;;/i1T;;;. The van der Waals surface area contributed by atoms with E-state index in [1.165, 1.54) is 7.40 Å². The second-order valence-corrected chi connectivity index (χ2v) is 0. The molecular formula is C2H7BY-. The van der Waals surface area contributed by atoms with E-state index in [4.69, 9.17) is 1.37 Å². The maximum Gasteiger partial charge on any atom is 0.0194 e. The van der Waals surface area contributed by atoms with Crippen molar-refractivity contribution < 1.29 is 34.1 Å². The second kappa shape index (κ2) is 30.6. The van der Waals surface area contributed by atoms with E-state index in [0.717, 1.165) is 0 Å². The van der Waals surface area contributed by atoms with E-state index in [-0.39, 0.29) is 48.5 Å². The van der Waals surface area contributed by atoms with E-state index >= 15 is 0 Å². The summed E-state index contributed by atoms with van der Waals surface area (Å²) in [5.41, 5.74) is 0. The van der Waals surface area contributed by atoms with Crippen molar-refractivity contribution in [3.8, 4) is 0 Å². The first-order valence-corrected chi connectivity index (χ1v) is 0. The van der Waals surface area contributed by atoms with E-state index in [9.17, 15) is 0 Å². The normalized spacial score (nSPS) is 1.75. The molecule has 0 aromatic rings. The summed E-state index contributed by atoms with van der Waals surface area (Å²) in [5.74, 6) is 0. The van der Waals surface area contributed by atoms with Crippen LogP contribution >= 0.6 is 0 Å². The molecule has 0 rings (SSSR count). The minimum atomic E-state index is 0. The van der Waals surface area contributed by atoms with E-state index in [2.05, 4.69) is 0 Å². The van der Waals surface area contributed by atoms with Crippen LogP contribution in [0.1, 0.15) is 8.77 Å². The van der Waals surface area contributed by atoms with E-state index in [0.29, 0.717) is 0 Å². The summed E-state index contributed by atoms with van der Waals surface area (Å²) in [6, 6.07) is 0. The van der Waals surface area contributed by atoms with Crippen LogP contribution in [0.4, 0.5) is 0 Å². The quantitative estimate of drug-likeness (QED) is 0.337. The molecule has 0 aliphatic heterocycles. The zero-order valence-electron chi connectivity index (χ0n) is 4.15. The van der Waals surface area contributed by atoms with Crippen LogP contribution in [0.5, 0.6) is 0 Å². The second-order valence-electron chi connectivity index (χ2n) is 0. The van der Waals surface area contributed by atoms with Gasteiger partial charge in [-0.25, -0.2) is 0 Å². The van der Waals surface area contributed by atoms with Gasteiger partial charge in [-0.15, -0.1) is 0 Å². The van der Waals surface area contributed by atoms with Gasteiger partial charge in [-0.1, -0.05) is 7.40 Å². The first-order chi connectivity index (χ1) is 1.00. The molecule has 0 bridgehead atoms. The minimum absolute atomic E-state index is 0. The molecular weight excluding hydrogens is 124 g/mol. The number of rotatable bonds is 0. The molecule has 0 aromatic carbocycles. The maximum atomic E-state index is 5.75. The van der Waals surface area contributed by atoms with Crippen LogP contribution in [0.3, 0.4) is 0 Å². The van der Waals surface area contributed by atoms with Crippen LogP contribution in [0.2, 0.25) is 0 Å². The fourth-order valence-corrected chi connectivity index (χ4v) is 0. The molecule has 0 amide bonds. The SMILES string of the molecule is [3H]C.[B].[CH3-].[Y]. The first kappa shape index (κ1) is 19.1. The zero-order chi connectivity index (χ0) is 2.00. The molecule has 0 fully saturated rings. The summed E-state index contributed by atoms with van der Waals surface area (Å²) in [7, 11) is 1.25. The van der Waals surface area contributed by atoms with Gasteiger partial charge in [0, 0.05) is 42.5 Å². The molecule has 0 aliphatic carbocycles. The average molecular weight is 133 g/mol. The Bertz CT molecular complexity index is 9.61. The summed E-state index contributed by atoms with van der Waals surface area (Å²) in [6.45, 7) is 0. The van der Waals surface area contributed by atoms with Gasteiger partial charge in [0.05, 0.1) is 0 Å². The van der Waals surface area contributed by atoms with Crippen molar-refractivity contribution >= 4 is 8.41 Å². The Morgan fingerprint density at radius 1 is 1.50 bits per heavy atom. The van der Waals surface area contributed by atoms with Crippen LogP contribution in [-0.4, -0.2) is 8.41 Å². The third-order valence-electron chi connectivity index (χ3n) is 0. The molecule has 2 heteroatoms. The number of hydrogen-bond acceptors (Lipinski definition) is 0. The summed E-state index contributed by atoms with van der Waals surface area (Å²) < 4.78 is 5.75. The van der Waals surface area contributed by atoms with Gasteiger partial charge < -0.3 is 7.43 Å². The molecule has 0 aromatic heterocycles. The van der Waals surface area contributed by atoms with Gasteiger partial charge in [-0.3, -0.25) is 0 Å². The fraction of sp³-hybridized carbons (Fsp3) is 0.500. The average Bonchev–Trinajstić information content (AvgIpc) is 1.00. The molecule has 0 unspecified atom stereocenters. The largest absolute Gasteiger partial charge is 0.358 e. The molecule has 0 N–H and O–H groups in total. The van der Waals surface area contributed by atoms with Gasteiger partial charge in [-0.2, -0.15) is 0 Å². The zero-order valence-corrected chi connectivity index (χ0v) is 5.99. The van der Waals surface area contributed by atoms with Crippen LogP contribution in [0, 0.1) is 7.43 Å². The van der Waals surface area contributed by atoms with Gasteiger partial charge in [0.15, 0.2) is 0 Å². The van der Waals surface area contributed by atoms with Crippen LogP contribution < -0.4 is 0 Å². The topological polar surface area (TPSA) is 0 Å². The monoisotopic (exact) mass is 133 g/mol. The summed E-state index contributed by atoms with van der Waals surface area (Å²) in [5, 5.41) is 0. The van der Waals surface area contributed by atoms with E-state index in [1.54, 1.807) is 0 Å². The minimum Gasteiger partial charge on any atom is -0.358 e. The van der Waals surface area contributed by atoms with Crippen LogP contribution in [-0.2, 0) is 32.7 Å². The first-order valence-electron chi connectivity index (χ1n) is 1.00. The number of hydrogen-bond donors (Lipinski definition) is 0. The maximum absolute atomic E-state index is 5.75. The van der Waals surface area contributed by atoms with Gasteiger partial charge in [0.2, 0.25) is 0 Å². The molecule has 0 aliphatic rings. The Balaban J connectivity index is -0.00000000167. The predicted octanol–water partition coefficient (Wildman–Crippen LogP) is 0.703. The molecule has 4 heavy (non-hydrogen) atoms. The Kier molecular flexibility index (Phi) is 146. The van der Waals surface area contributed by atoms with Crippen molar-refractivity contribution in [2.24, 2.45) is 0 Å². The Hall–Kier alpha value is 1.17. The van der Waals surface area contributed by atoms with Crippen molar-refractivity contribution in [1.82, 2.24) is 0 Å². The van der Waals surface area contributed by atoms with Crippen molar-refractivity contribution in [2.75, 3.05) is 0 Å². The third kappa shape index (κ3) is 10.9. The summed E-state index contributed by atoms with van der Waals surface area (Å²) in [4.78, 5) is 0. The Morgan fingerprint density at radius 2 is 1.50 bits per heavy atom. The molecule has 0 nitrogen and oxygen atoms in total. The van der Waals surface area contributed by atoms with Crippen LogP contribution in [0.25, 0.3) is 0 Å². The van der Waals surface area contributed by atoms with Crippen molar-refractivity contribution in [3.63, 3.8) is 0 Å². The molecule has 0 saturated carbocycles. The summed E-state index contributed by atoms with van der Waals surface area (Å²) in [6.07, 6.45) is 0. The van der Waals surface area contributed by atoms with Gasteiger partial charge in [0.1, 0.15) is 0 Å². The molecule has 0 spiro atoms. The van der Waals surface area contributed by atoms with Gasteiger partial charge >= 0.3 is 0 Å². The predicted molar refractivity (Wildman–Crippen MR) is 18.9 cm³/mol. The van der Waals surface area contributed by atoms with Crippen molar-refractivity contribution in [1.29, 1.82) is 0 Å². The molecule has 22 valence electrons. The van der Waals surface area contributed by atoms with Crippen LogP contribution in [0.15, 0.2) is 0 Å². The molecule has 0 saturated heterocycles. The fourth-order valence-electron chi connectivity index (χ4n) is 0. The molecule has 0 atom stereocenters. The van der Waals surface area contributed by atoms with E-state index in [1.807, 2.05) is 0 Å². The Morgan fingerprint density at radius 3 is 1.50 bits per heavy atom. The third-order valence-corrected chi connectivity index (χ3v) is 0. The molecule has 4 radical (unpaired) electrons. The molecule has 0 heterocycles. The summed E-state index contributed by atoms with van der Waals surface area (Å²) >= 11 is 0. The van der Waals surface area contributed by atoms with Gasteiger partial charge in [-0.05, 0) is 0 Å². The smallest absolute Gasteiger partial charge is 0.0194 e. The van der Waals surface area contributed by atoms with Crippen molar-refractivity contribution in [3.05, 3.63) is 7.43 Å². The van der Waals surface area contributed by atoms with Gasteiger partial charge in [0.25, 0.3) is 0 Å². The van der Waals surface area contributed by atoms with E-state index < -0.39 is 0 Å². The Labute approximate surface area is 57.2 Å². The van der Waals surface area contributed by atoms with Crippen molar-refractivity contribution in [2.45, 2.75) is 7.40 Å².